The molecule has 1 fully saturated rings. The highest BCUT2D eigenvalue weighted by molar-refractivity contribution is 6.33. The van der Waals surface area contributed by atoms with Gasteiger partial charge in [0, 0.05) is 37.9 Å². The molecule has 0 saturated carbocycles. The lowest BCUT2D eigenvalue weighted by molar-refractivity contribution is 0.226. The minimum absolute atomic E-state index is 0.459. The van der Waals surface area contributed by atoms with Crippen LogP contribution in [0.3, 0.4) is 0 Å². The van der Waals surface area contributed by atoms with E-state index >= 15 is 0 Å². The van der Waals surface area contributed by atoms with Crippen molar-refractivity contribution in [2.24, 2.45) is 0 Å². The van der Waals surface area contributed by atoms with Gasteiger partial charge in [-0.1, -0.05) is 23.7 Å². The summed E-state index contributed by atoms with van der Waals surface area (Å²) in [5.74, 6) is 2.87. The van der Waals surface area contributed by atoms with Gasteiger partial charge in [0.2, 0.25) is 11.8 Å². The largest absolute Gasteiger partial charge is 0.419 e. The number of nitrogens with zero attached hydrogens (tertiary/aromatic N) is 6. The number of hydrogen-bond acceptors (Lipinski definition) is 7. The van der Waals surface area contributed by atoms with E-state index in [2.05, 4.69) is 30.0 Å². The zero-order valence-corrected chi connectivity index (χ0v) is 16.1. The Morgan fingerprint density at radius 3 is 2.56 bits per heavy atom. The van der Waals surface area contributed by atoms with Gasteiger partial charge in [-0.05, 0) is 26.0 Å². The molecule has 0 amide bonds. The van der Waals surface area contributed by atoms with Gasteiger partial charge in [-0.25, -0.2) is 9.97 Å². The summed E-state index contributed by atoms with van der Waals surface area (Å²) in [6.07, 6.45) is 0. The third kappa shape index (κ3) is 4.09. The molecule has 0 aliphatic carbocycles. The monoisotopic (exact) mass is 384 g/mol. The molecule has 1 aliphatic heterocycles. The van der Waals surface area contributed by atoms with Crippen LogP contribution in [0.5, 0.6) is 0 Å². The average Bonchev–Trinajstić information content (AvgIpc) is 3.10. The van der Waals surface area contributed by atoms with Crippen LogP contribution in [0.2, 0.25) is 5.02 Å². The van der Waals surface area contributed by atoms with Crippen LogP contribution in [0.1, 0.15) is 17.4 Å². The molecule has 0 N–H and O–H groups in total. The zero-order chi connectivity index (χ0) is 18.8. The maximum Gasteiger partial charge on any atom is 0.249 e. The fraction of sp³-hybridized carbons (Fsp3) is 0.368. The molecular formula is C19H21ClN6O. The molecule has 1 aliphatic rings. The summed E-state index contributed by atoms with van der Waals surface area (Å²) in [7, 11) is 0. The van der Waals surface area contributed by atoms with Crippen molar-refractivity contribution in [2.75, 3.05) is 31.1 Å². The van der Waals surface area contributed by atoms with Crippen molar-refractivity contribution in [1.29, 1.82) is 0 Å². The maximum atomic E-state index is 6.20. The maximum absolute atomic E-state index is 6.20. The Labute approximate surface area is 163 Å². The molecule has 3 heterocycles. The molecule has 7 nitrogen and oxygen atoms in total. The van der Waals surface area contributed by atoms with E-state index in [1.165, 1.54) is 0 Å². The van der Waals surface area contributed by atoms with Crippen molar-refractivity contribution < 1.29 is 4.42 Å². The highest BCUT2D eigenvalue weighted by Gasteiger charge is 2.21. The molecule has 1 saturated heterocycles. The summed E-state index contributed by atoms with van der Waals surface area (Å²) in [5.41, 5.74) is 1.76. The SMILES string of the molecule is Cc1cc(N2CCN(Cc3nnc(-c4ccccc4Cl)o3)CC2)nc(C)n1. The first-order chi connectivity index (χ1) is 13.1. The summed E-state index contributed by atoms with van der Waals surface area (Å²) in [6, 6.07) is 9.52. The van der Waals surface area contributed by atoms with Crippen LogP contribution in [0.15, 0.2) is 34.7 Å². The molecule has 0 spiro atoms. The van der Waals surface area contributed by atoms with E-state index in [1.54, 1.807) is 0 Å². The molecule has 3 aromatic rings. The lowest BCUT2D eigenvalue weighted by atomic mass is 10.2. The summed E-state index contributed by atoms with van der Waals surface area (Å²) in [5, 5.41) is 8.92. The van der Waals surface area contributed by atoms with Crippen LogP contribution in [0.4, 0.5) is 5.82 Å². The fourth-order valence-electron chi connectivity index (χ4n) is 3.25. The Balaban J connectivity index is 1.38. The molecule has 2 aromatic heterocycles. The third-order valence-electron chi connectivity index (χ3n) is 4.58. The average molecular weight is 385 g/mol. The summed E-state index contributed by atoms with van der Waals surface area (Å²) in [4.78, 5) is 13.5. The van der Waals surface area contributed by atoms with Gasteiger partial charge in [-0.2, -0.15) is 0 Å². The molecule has 1 aromatic carbocycles. The zero-order valence-electron chi connectivity index (χ0n) is 15.4. The van der Waals surface area contributed by atoms with Gasteiger partial charge in [0.15, 0.2) is 0 Å². The Bertz CT molecular complexity index is 915. The van der Waals surface area contributed by atoms with Crippen molar-refractivity contribution in [3.63, 3.8) is 0 Å². The Morgan fingerprint density at radius 2 is 1.81 bits per heavy atom. The number of aryl methyl sites for hydroxylation is 2. The van der Waals surface area contributed by atoms with Crippen LogP contribution >= 0.6 is 11.6 Å². The van der Waals surface area contributed by atoms with Crippen LogP contribution in [-0.2, 0) is 6.54 Å². The Kier molecular flexibility index (Phi) is 5.05. The molecule has 0 unspecified atom stereocenters. The van der Waals surface area contributed by atoms with Gasteiger partial charge in [0.05, 0.1) is 17.1 Å². The second kappa shape index (κ2) is 7.62. The first-order valence-electron chi connectivity index (χ1n) is 8.95. The quantitative estimate of drug-likeness (QED) is 0.684. The molecule has 4 rings (SSSR count). The van der Waals surface area contributed by atoms with E-state index < -0.39 is 0 Å². The van der Waals surface area contributed by atoms with E-state index in [-0.39, 0.29) is 0 Å². The number of piperazine rings is 1. The topological polar surface area (TPSA) is 71.2 Å². The molecule has 0 atom stereocenters. The number of aromatic nitrogens is 4. The molecule has 27 heavy (non-hydrogen) atoms. The summed E-state index contributed by atoms with van der Waals surface area (Å²) in [6.45, 7) is 8.19. The molecular weight excluding hydrogens is 364 g/mol. The van der Waals surface area contributed by atoms with Gasteiger partial charge in [0.1, 0.15) is 11.6 Å². The molecule has 0 radical (unpaired) electrons. The predicted molar refractivity (Wildman–Crippen MR) is 104 cm³/mol. The lowest BCUT2D eigenvalue weighted by Gasteiger charge is -2.34. The van der Waals surface area contributed by atoms with Crippen molar-refractivity contribution >= 4 is 17.4 Å². The third-order valence-corrected chi connectivity index (χ3v) is 4.91. The second-order valence-electron chi connectivity index (χ2n) is 6.66. The van der Waals surface area contributed by atoms with Crippen molar-refractivity contribution in [2.45, 2.75) is 20.4 Å². The van der Waals surface area contributed by atoms with E-state index in [4.69, 9.17) is 16.0 Å². The smallest absolute Gasteiger partial charge is 0.249 e. The normalized spacial score (nSPS) is 15.3. The van der Waals surface area contributed by atoms with Crippen LogP contribution in [-0.4, -0.2) is 51.2 Å². The number of rotatable bonds is 4. The van der Waals surface area contributed by atoms with Crippen LogP contribution in [0, 0.1) is 13.8 Å². The van der Waals surface area contributed by atoms with Crippen molar-refractivity contribution in [1.82, 2.24) is 25.1 Å². The summed E-state index contributed by atoms with van der Waals surface area (Å²) < 4.78 is 5.81. The van der Waals surface area contributed by atoms with E-state index in [0.717, 1.165) is 49.1 Å². The van der Waals surface area contributed by atoms with Crippen LogP contribution < -0.4 is 4.90 Å². The van der Waals surface area contributed by atoms with Gasteiger partial charge in [-0.3, -0.25) is 4.90 Å². The molecule has 8 heteroatoms. The minimum atomic E-state index is 0.459. The second-order valence-corrected chi connectivity index (χ2v) is 7.07. The first kappa shape index (κ1) is 17.9. The number of benzene rings is 1. The molecule has 140 valence electrons. The van der Waals surface area contributed by atoms with Gasteiger partial charge in [-0.15, -0.1) is 10.2 Å². The number of anilines is 1. The van der Waals surface area contributed by atoms with Gasteiger partial charge in [0.25, 0.3) is 0 Å². The lowest BCUT2D eigenvalue weighted by Crippen LogP contribution is -2.46. The van der Waals surface area contributed by atoms with Gasteiger partial charge < -0.3 is 9.32 Å². The van der Waals surface area contributed by atoms with Crippen molar-refractivity contribution in [3.05, 3.63) is 52.8 Å². The molecule has 0 bridgehead atoms. The number of halogens is 1. The number of hydrogen-bond donors (Lipinski definition) is 0. The minimum Gasteiger partial charge on any atom is -0.419 e. The Hall–Kier alpha value is -2.51. The fourth-order valence-corrected chi connectivity index (χ4v) is 3.46. The predicted octanol–water partition coefficient (Wildman–Crippen LogP) is 3.12. The van der Waals surface area contributed by atoms with E-state index in [1.807, 2.05) is 44.2 Å². The Morgan fingerprint density at radius 1 is 1.04 bits per heavy atom. The van der Waals surface area contributed by atoms with E-state index in [0.29, 0.717) is 23.3 Å². The van der Waals surface area contributed by atoms with Gasteiger partial charge >= 0.3 is 0 Å². The van der Waals surface area contributed by atoms with Crippen molar-refractivity contribution in [3.8, 4) is 11.5 Å². The highest BCUT2D eigenvalue weighted by Crippen LogP contribution is 2.26. The van der Waals surface area contributed by atoms with E-state index in [9.17, 15) is 0 Å². The standard InChI is InChI=1S/C19H21ClN6O/c1-13-11-17(22-14(2)21-13)26-9-7-25(8-10-26)12-18-23-24-19(27-18)15-5-3-4-6-16(15)20/h3-6,11H,7-10,12H2,1-2H3. The first-order valence-corrected chi connectivity index (χ1v) is 9.33. The van der Waals surface area contributed by atoms with Crippen LogP contribution in [0.25, 0.3) is 11.5 Å². The highest BCUT2D eigenvalue weighted by atomic mass is 35.5. The summed E-state index contributed by atoms with van der Waals surface area (Å²) >= 11 is 6.20.